The Labute approximate surface area is 142 Å². The summed E-state index contributed by atoms with van der Waals surface area (Å²) in [6.45, 7) is 3.58. The topological polar surface area (TPSA) is 35.5 Å². The number of hydrogen-bond acceptors (Lipinski definition) is 3. The highest BCUT2D eigenvalue weighted by molar-refractivity contribution is 6.01. The second kappa shape index (κ2) is 7.93. The van der Waals surface area contributed by atoms with Crippen LogP contribution in [0.3, 0.4) is 0 Å². The average molecular weight is 322 g/mol. The third-order valence-corrected chi connectivity index (χ3v) is 4.04. The van der Waals surface area contributed by atoms with Crippen LogP contribution in [-0.4, -0.2) is 25.8 Å². The zero-order chi connectivity index (χ0) is 16.8. The lowest BCUT2D eigenvalue weighted by molar-refractivity contribution is 0.0314. The molecule has 0 aliphatic carbocycles. The van der Waals surface area contributed by atoms with Gasteiger partial charge in [0, 0.05) is 6.61 Å². The van der Waals surface area contributed by atoms with Crippen molar-refractivity contribution in [2.75, 3.05) is 19.8 Å². The van der Waals surface area contributed by atoms with E-state index in [0.717, 1.165) is 30.2 Å². The number of esters is 1. The van der Waals surface area contributed by atoms with E-state index in [-0.39, 0.29) is 12.6 Å². The summed E-state index contributed by atoms with van der Waals surface area (Å²) in [5.41, 5.74) is 0.575. The maximum absolute atomic E-state index is 12.2. The van der Waals surface area contributed by atoms with Gasteiger partial charge >= 0.3 is 5.97 Å². The normalized spacial score (nSPS) is 11.0. The van der Waals surface area contributed by atoms with Crippen LogP contribution in [0.2, 0.25) is 0 Å². The Balaban J connectivity index is 1.68. The molecule has 3 aromatic rings. The second-order valence-corrected chi connectivity index (χ2v) is 5.86. The van der Waals surface area contributed by atoms with Gasteiger partial charge < -0.3 is 9.47 Å². The molecule has 0 saturated heterocycles. The van der Waals surface area contributed by atoms with Gasteiger partial charge in [-0.1, -0.05) is 43.7 Å². The van der Waals surface area contributed by atoms with E-state index >= 15 is 0 Å². The van der Waals surface area contributed by atoms with Gasteiger partial charge in [0.1, 0.15) is 6.61 Å². The Morgan fingerprint density at radius 2 is 1.54 bits per heavy atom. The molecule has 0 unspecified atom stereocenters. The fourth-order valence-electron chi connectivity index (χ4n) is 2.69. The highest BCUT2D eigenvalue weighted by atomic mass is 16.6. The first-order valence-electron chi connectivity index (χ1n) is 8.45. The molecule has 0 amide bonds. The maximum Gasteiger partial charge on any atom is 0.338 e. The summed E-state index contributed by atoms with van der Waals surface area (Å²) in [6.07, 6.45) is 2.14. The minimum atomic E-state index is -0.302. The maximum atomic E-state index is 12.2. The Kier molecular flexibility index (Phi) is 5.44. The summed E-state index contributed by atoms with van der Waals surface area (Å²) < 4.78 is 10.7. The predicted molar refractivity (Wildman–Crippen MR) is 97.5 cm³/mol. The van der Waals surface area contributed by atoms with Gasteiger partial charge in [-0.25, -0.2) is 4.79 Å². The Morgan fingerprint density at radius 3 is 2.29 bits per heavy atom. The first-order valence-corrected chi connectivity index (χ1v) is 8.45. The van der Waals surface area contributed by atoms with Gasteiger partial charge in [0.25, 0.3) is 0 Å². The highest BCUT2D eigenvalue weighted by Crippen LogP contribution is 2.24. The standard InChI is InChI=1S/C21H22O3/c1-2-3-10-23-11-12-24-21(22)19-9-8-18-13-16-6-4-5-7-17(16)14-20(18)15-19/h4-9,13-15H,2-3,10-12H2,1H3. The molecule has 0 spiro atoms. The van der Waals surface area contributed by atoms with E-state index in [1.807, 2.05) is 30.3 Å². The Hall–Kier alpha value is -2.39. The van der Waals surface area contributed by atoms with Gasteiger partial charge in [-0.05, 0) is 52.2 Å². The van der Waals surface area contributed by atoms with Crippen molar-refractivity contribution in [2.24, 2.45) is 0 Å². The third kappa shape index (κ3) is 3.92. The summed E-state index contributed by atoms with van der Waals surface area (Å²) in [6, 6.07) is 18.1. The molecule has 3 rings (SSSR count). The van der Waals surface area contributed by atoms with Crippen LogP contribution in [-0.2, 0) is 9.47 Å². The molecule has 124 valence electrons. The van der Waals surface area contributed by atoms with Crippen molar-refractivity contribution in [1.82, 2.24) is 0 Å². The molecule has 0 N–H and O–H groups in total. The van der Waals surface area contributed by atoms with E-state index in [9.17, 15) is 4.79 Å². The van der Waals surface area contributed by atoms with Crippen LogP contribution < -0.4 is 0 Å². The molecule has 0 aliphatic heterocycles. The summed E-state index contributed by atoms with van der Waals surface area (Å²) in [7, 11) is 0. The molecular formula is C21H22O3. The quantitative estimate of drug-likeness (QED) is 0.350. The Bertz CT molecular complexity index is 839. The van der Waals surface area contributed by atoms with E-state index in [4.69, 9.17) is 9.47 Å². The number of carbonyl (C=O) groups is 1. The summed E-state index contributed by atoms with van der Waals surface area (Å²) in [5.74, 6) is -0.302. The summed E-state index contributed by atoms with van der Waals surface area (Å²) in [5, 5.41) is 4.53. The van der Waals surface area contributed by atoms with Crippen molar-refractivity contribution in [2.45, 2.75) is 19.8 Å². The molecule has 0 fully saturated rings. The minimum absolute atomic E-state index is 0.290. The van der Waals surface area contributed by atoms with Crippen LogP contribution in [0, 0.1) is 0 Å². The zero-order valence-corrected chi connectivity index (χ0v) is 14.0. The van der Waals surface area contributed by atoms with Gasteiger partial charge in [-0.3, -0.25) is 0 Å². The van der Waals surface area contributed by atoms with Crippen LogP contribution in [0.25, 0.3) is 21.5 Å². The number of benzene rings is 3. The first-order chi connectivity index (χ1) is 11.8. The van der Waals surface area contributed by atoms with Crippen molar-refractivity contribution >= 4 is 27.5 Å². The molecule has 0 aromatic heterocycles. The van der Waals surface area contributed by atoms with Gasteiger partial charge in [-0.2, -0.15) is 0 Å². The smallest absolute Gasteiger partial charge is 0.338 e. The van der Waals surface area contributed by atoms with Gasteiger partial charge in [0.05, 0.1) is 12.2 Å². The molecule has 24 heavy (non-hydrogen) atoms. The van der Waals surface area contributed by atoms with E-state index in [2.05, 4.69) is 31.2 Å². The third-order valence-electron chi connectivity index (χ3n) is 4.04. The number of rotatable bonds is 7. The highest BCUT2D eigenvalue weighted by Gasteiger charge is 2.08. The van der Waals surface area contributed by atoms with Gasteiger partial charge in [0.2, 0.25) is 0 Å². The average Bonchev–Trinajstić information content (AvgIpc) is 2.62. The molecule has 3 heteroatoms. The molecule has 0 bridgehead atoms. The molecule has 0 atom stereocenters. The SMILES string of the molecule is CCCCOCCOC(=O)c1ccc2cc3ccccc3cc2c1. The lowest BCUT2D eigenvalue weighted by Gasteiger charge is -2.07. The molecule has 0 heterocycles. The van der Waals surface area contributed by atoms with Crippen molar-refractivity contribution in [3.63, 3.8) is 0 Å². The number of carbonyl (C=O) groups excluding carboxylic acids is 1. The monoisotopic (exact) mass is 322 g/mol. The van der Waals surface area contributed by atoms with Crippen LogP contribution in [0.15, 0.2) is 54.6 Å². The number of fused-ring (bicyclic) bond motifs is 2. The molecule has 0 aliphatic rings. The van der Waals surface area contributed by atoms with E-state index in [1.165, 1.54) is 10.8 Å². The summed E-state index contributed by atoms with van der Waals surface area (Å²) in [4.78, 5) is 12.2. The zero-order valence-electron chi connectivity index (χ0n) is 14.0. The molecule has 3 aromatic carbocycles. The van der Waals surface area contributed by atoms with E-state index in [1.54, 1.807) is 0 Å². The first kappa shape index (κ1) is 16.5. The van der Waals surface area contributed by atoms with Crippen molar-refractivity contribution in [3.8, 4) is 0 Å². The number of hydrogen-bond donors (Lipinski definition) is 0. The fourth-order valence-corrected chi connectivity index (χ4v) is 2.69. The van der Waals surface area contributed by atoms with Gasteiger partial charge in [0.15, 0.2) is 0 Å². The van der Waals surface area contributed by atoms with Crippen LogP contribution in [0.4, 0.5) is 0 Å². The molecule has 0 radical (unpaired) electrons. The number of ether oxygens (including phenoxy) is 2. The fraction of sp³-hybridized carbons (Fsp3) is 0.286. The predicted octanol–water partition coefficient (Wildman–Crippen LogP) is 4.97. The lowest BCUT2D eigenvalue weighted by atomic mass is 10.0. The second-order valence-electron chi connectivity index (χ2n) is 5.86. The molecule has 0 saturated carbocycles. The molecule has 3 nitrogen and oxygen atoms in total. The van der Waals surface area contributed by atoms with Crippen LogP contribution in [0.1, 0.15) is 30.1 Å². The molecular weight excluding hydrogens is 300 g/mol. The minimum Gasteiger partial charge on any atom is -0.460 e. The van der Waals surface area contributed by atoms with E-state index < -0.39 is 0 Å². The van der Waals surface area contributed by atoms with Crippen LogP contribution >= 0.6 is 0 Å². The van der Waals surface area contributed by atoms with Gasteiger partial charge in [-0.15, -0.1) is 0 Å². The largest absolute Gasteiger partial charge is 0.460 e. The van der Waals surface area contributed by atoms with Crippen molar-refractivity contribution in [1.29, 1.82) is 0 Å². The van der Waals surface area contributed by atoms with E-state index in [0.29, 0.717) is 12.2 Å². The lowest BCUT2D eigenvalue weighted by Crippen LogP contribution is -2.11. The number of unbranched alkanes of at least 4 members (excludes halogenated alkanes) is 1. The van der Waals surface area contributed by atoms with Crippen molar-refractivity contribution < 1.29 is 14.3 Å². The van der Waals surface area contributed by atoms with Crippen LogP contribution in [0.5, 0.6) is 0 Å². The Morgan fingerprint density at radius 1 is 0.833 bits per heavy atom. The van der Waals surface area contributed by atoms with Crippen molar-refractivity contribution in [3.05, 3.63) is 60.2 Å². The summed E-state index contributed by atoms with van der Waals surface area (Å²) >= 11 is 0.